The van der Waals surface area contributed by atoms with Crippen molar-refractivity contribution < 1.29 is 20.1 Å². The van der Waals surface area contributed by atoms with Crippen LogP contribution >= 0.6 is 11.3 Å². The van der Waals surface area contributed by atoms with Crippen molar-refractivity contribution in [1.29, 1.82) is 0 Å². The van der Waals surface area contributed by atoms with E-state index in [9.17, 15) is 15.0 Å². The minimum Gasteiger partial charge on any atom is -0.392 e. The maximum atomic E-state index is 11.8. The van der Waals surface area contributed by atoms with Crippen molar-refractivity contribution >= 4 is 23.3 Å². The molecule has 2 heterocycles. The zero-order valence-electron chi connectivity index (χ0n) is 9.69. The Bertz CT molecular complexity index is 447. The van der Waals surface area contributed by atoms with Crippen molar-refractivity contribution in [2.24, 2.45) is 0 Å². The molecule has 0 spiro atoms. The third kappa shape index (κ3) is 2.97. The van der Waals surface area contributed by atoms with Crippen LogP contribution in [0.1, 0.15) is 10.4 Å². The van der Waals surface area contributed by atoms with Gasteiger partial charge in [-0.15, -0.1) is 11.3 Å². The molecule has 0 radical (unpaired) electrons. The van der Waals surface area contributed by atoms with Crippen molar-refractivity contribution in [2.45, 2.75) is 18.8 Å². The zero-order chi connectivity index (χ0) is 13.1. The summed E-state index contributed by atoms with van der Waals surface area (Å²) in [5.41, 5.74) is 0.819. The van der Waals surface area contributed by atoms with E-state index in [-0.39, 0.29) is 25.6 Å². The number of hydrogen-bond donors (Lipinski definition) is 3. The molecule has 2 atom stereocenters. The minimum atomic E-state index is -0.856. The van der Waals surface area contributed by atoms with Gasteiger partial charge in [-0.1, -0.05) is 0 Å². The molecule has 0 saturated carbocycles. The van der Waals surface area contributed by atoms with Gasteiger partial charge < -0.3 is 20.2 Å². The molecule has 18 heavy (non-hydrogen) atoms. The second kappa shape index (κ2) is 5.62. The number of thiophene rings is 1. The molecular formula is C12H15NO4S. The molecule has 1 saturated heterocycles. The van der Waals surface area contributed by atoms with E-state index in [1.165, 1.54) is 22.3 Å². The van der Waals surface area contributed by atoms with E-state index >= 15 is 0 Å². The van der Waals surface area contributed by atoms with Crippen LogP contribution < -0.4 is 0 Å². The molecule has 1 amide bonds. The Hall–Kier alpha value is -1.21. The summed E-state index contributed by atoms with van der Waals surface area (Å²) in [5, 5.41) is 29.4. The highest BCUT2D eigenvalue weighted by Gasteiger charge is 2.31. The number of carbonyl (C=O) groups excluding carboxylic acids is 1. The number of aliphatic hydroxyl groups excluding tert-OH is 3. The SMILES string of the molecule is O=C(C=Cc1cc(CO)cs1)N1C[C@@H](O)[C@H](O)C1. The van der Waals surface area contributed by atoms with Crippen LogP contribution in [0.25, 0.3) is 6.08 Å². The number of likely N-dealkylation sites (tertiary alicyclic amines) is 1. The Morgan fingerprint density at radius 1 is 1.44 bits per heavy atom. The number of aliphatic hydroxyl groups is 3. The number of β-amino-alcohol motifs (C(OH)–C–C–N with tert-alkyl or cyclic N) is 2. The predicted molar refractivity (Wildman–Crippen MR) is 67.9 cm³/mol. The van der Waals surface area contributed by atoms with Crippen LogP contribution in [-0.2, 0) is 11.4 Å². The number of nitrogens with zero attached hydrogens (tertiary/aromatic N) is 1. The fourth-order valence-electron chi connectivity index (χ4n) is 1.77. The molecule has 0 bridgehead atoms. The average molecular weight is 269 g/mol. The van der Waals surface area contributed by atoms with Gasteiger partial charge in [-0.2, -0.15) is 0 Å². The van der Waals surface area contributed by atoms with Gasteiger partial charge in [-0.05, 0) is 23.1 Å². The molecule has 5 nitrogen and oxygen atoms in total. The molecular weight excluding hydrogens is 254 g/mol. The molecule has 3 N–H and O–H groups in total. The molecule has 1 aromatic rings. The third-order valence-electron chi connectivity index (χ3n) is 2.82. The summed E-state index contributed by atoms with van der Waals surface area (Å²) in [6, 6.07) is 1.81. The summed E-state index contributed by atoms with van der Waals surface area (Å²) in [4.78, 5) is 14.0. The fourth-order valence-corrected chi connectivity index (χ4v) is 2.57. The molecule has 1 fully saturated rings. The molecule has 0 aliphatic carbocycles. The summed E-state index contributed by atoms with van der Waals surface area (Å²) < 4.78 is 0. The van der Waals surface area contributed by atoms with Crippen molar-refractivity contribution in [1.82, 2.24) is 4.90 Å². The van der Waals surface area contributed by atoms with Gasteiger partial charge in [0.2, 0.25) is 5.91 Å². The number of amides is 1. The Labute approximate surface area is 109 Å². The lowest BCUT2D eigenvalue weighted by molar-refractivity contribution is -0.125. The first-order chi connectivity index (χ1) is 8.60. The van der Waals surface area contributed by atoms with E-state index in [0.29, 0.717) is 0 Å². The Kier molecular flexibility index (Phi) is 4.13. The zero-order valence-corrected chi connectivity index (χ0v) is 10.5. The number of hydrogen-bond acceptors (Lipinski definition) is 5. The third-order valence-corrected chi connectivity index (χ3v) is 3.76. The van der Waals surface area contributed by atoms with E-state index in [4.69, 9.17) is 5.11 Å². The average Bonchev–Trinajstić information content (AvgIpc) is 2.94. The Morgan fingerprint density at radius 2 is 2.11 bits per heavy atom. The largest absolute Gasteiger partial charge is 0.392 e. The summed E-state index contributed by atoms with van der Waals surface area (Å²) >= 11 is 1.44. The summed E-state index contributed by atoms with van der Waals surface area (Å²) in [7, 11) is 0. The molecule has 0 unspecified atom stereocenters. The second-order valence-electron chi connectivity index (χ2n) is 4.23. The van der Waals surface area contributed by atoms with Crippen molar-refractivity contribution in [3.63, 3.8) is 0 Å². The first-order valence-corrected chi connectivity index (χ1v) is 6.49. The number of rotatable bonds is 3. The van der Waals surface area contributed by atoms with Gasteiger partial charge in [0.1, 0.15) is 0 Å². The van der Waals surface area contributed by atoms with Crippen LogP contribution in [0.3, 0.4) is 0 Å². The normalized spacial score (nSPS) is 24.1. The molecule has 1 aliphatic heterocycles. The van der Waals surface area contributed by atoms with Crippen LogP contribution in [0.4, 0.5) is 0 Å². The van der Waals surface area contributed by atoms with E-state index in [1.54, 1.807) is 6.08 Å². The van der Waals surface area contributed by atoms with Gasteiger partial charge in [-0.25, -0.2) is 0 Å². The van der Waals surface area contributed by atoms with Gasteiger partial charge in [0, 0.05) is 24.0 Å². The Balaban J connectivity index is 1.95. The van der Waals surface area contributed by atoms with Gasteiger partial charge in [0.25, 0.3) is 0 Å². The van der Waals surface area contributed by atoms with Crippen LogP contribution in [0, 0.1) is 0 Å². The lowest BCUT2D eigenvalue weighted by Crippen LogP contribution is -2.27. The molecule has 6 heteroatoms. The Morgan fingerprint density at radius 3 is 2.67 bits per heavy atom. The molecule has 1 aromatic heterocycles. The maximum absolute atomic E-state index is 11.8. The highest BCUT2D eigenvalue weighted by molar-refractivity contribution is 7.11. The summed E-state index contributed by atoms with van der Waals surface area (Å²) in [6.07, 6.45) is 1.37. The summed E-state index contributed by atoms with van der Waals surface area (Å²) in [5.74, 6) is -0.232. The quantitative estimate of drug-likeness (QED) is 0.665. The van der Waals surface area contributed by atoms with Crippen molar-refractivity contribution in [3.05, 3.63) is 28.0 Å². The lowest BCUT2D eigenvalue weighted by atomic mass is 10.3. The highest BCUT2D eigenvalue weighted by atomic mass is 32.1. The van der Waals surface area contributed by atoms with Crippen LogP contribution in [-0.4, -0.2) is 51.4 Å². The van der Waals surface area contributed by atoms with Gasteiger partial charge in [-0.3, -0.25) is 4.79 Å². The maximum Gasteiger partial charge on any atom is 0.246 e. The molecule has 2 rings (SSSR count). The van der Waals surface area contributed by atoms with E-state index in [0.717, 1.165) is 10.4 Å². The molecule has 0 aromatic carbocycles. The summed E-state index contributed by atoms with van der Waals surface area (Å²) in [6.45, 7) is 0.316. The van der Waals surface area contributed by atoms with Crippen LogP contribution in [0.2, 0.25) is 0 Å². The predicted octanol–water partition coefficient (Wildman–Crippen LogP) is -0.182. The van der Waals surface area contributed by atoms with Gasteiger partial charge in [0.05, 0.1) is 18.8 Å². The van der Waals surface area contributed by atoms with Crippen molar-refractivity contribution in [3.8, 4) is 0 Å². The fraction of sp³-hybridized carbons (Fsp3) is 0.417. The van der Waals surface area contributed by atoms with Crippen LogP contribution in [0.15, 0.2) is 17.5 Å². The second-order valence-corrected chi connectivity index (χ2v) is 5.17. The highest BCUT2D eigenvalue weighted by Crippen LogP contribution is 2.17. The first-order valence-electron chi connectivity index (χ1n) is 5.61. The smallest absolute Gasteiger partial charge is 0.246 e. The van der Waals surface area contributed by atoms with Gasteiger partial charge >= 0.3 is 0 Å². The van der Waals surface area contributed by atoms with Crippen molar-refractivity contribution in [2.75, 3.05) is 13.1 Å². The topological polar surface area (TPSA) is 81.0 Å². The first kappa shape index (κ1) is 13.2. The number of carbonyl (C=O) groups is 1. The molecule has 98 valence electrons. The minimum absolute atomic E-state index is 0.0111. The van der Waals surface area contributed by atoms with Crippen LogP contribution in [0.5, 0.6) is 0 Å². The van der Waals surface area contributed by atoms with E-state index < -0.39 is 12.2 Å². The lowest BCUT2D eigenvalue weighted by Gasteiger charge is -2.11. The van der Waals surface area contributed by atoms with E-state index in [1.807, 2.05) is 11.4 Å². The standard InChI is InChI=1S/C12H15NO4S/c14-6-8-3-9(18-7-8)1-2-12(17)13-4-10(15)11(16)5-13/h1-3,7,10-11,14-16H,4-6H2/t10-,11-/m1/s1. The van der Waals surface area contributed by atoms with E-state index in [2.05, 4.69) is 0 Å². The monoisotopic (exact) mass is 269 g/mol. The molecule has 1 aliphatic rings. The van der Waals surface area contributed by atoms with Gasteiger partial charge in [0.15, 0.2) is 0 Å².